The number of fused-ring (bicyclic) bond motifs is 2. The number of nitriles is 1. The Bertz CT molecular complexity index is 529. The highest BCUT2D eigenvalue weighted by Crippen LogP contribution is 2.49. The normalized spacial score (nSPS) is 29.4. The van der Waals surface area contributed by atoms with Crippen LogP contribution < -0.4 is 5.32 Å². The summed E-state index contributed by atoms with van der Waals surface area (Å²) >= 11 is 0. The smallest absolute Gasteiger partial charge is 0.0991 e. The number of rotatable bonds is 4. The van der Waals surface area contributed by atoms with Crippen LogP contribution in [0.25, 0.3) is 0 Å². The van der Waals surface area contributed by atoms with Crippen molar-refractivity contribution in [2.75, 3.05) is 0 Å². The van der Waals surface area contributed by atoms with Crippen molar-refractivity contribution in [2.45, 2.75) is 52.1 Å². The van der Waals surface area contributed by atoms with E-state index < -0.39 is 0 Å². The van der Waals surface area contributed by atoms with E-state index >= 15 is 0 Å². The molecule has 2 fully saturated rings. The highest BCUT2D eigenvalue weighted by molar-refractivity contribution is 5.37. The summed E-state index contributed by atoms with van der Waals surface area (Å²) in [5.41, 5.74) is 3.29. The molecule has 4 unspecified atom stereocenters. The molecule has 1 aromatic carbocycles. The summed E-state index contributed by atoms with van der Waals surface area (Å²) in [6.07, 6.45) is 5.84. The van der Waals surface area contributed by atoms with Crippen LogP contribution in [-0.2, 0) is 6.54 Å². The number of hydrogen-bond donors (Lipinski definition) is 1. The fourth-order valence-corrected chi connectivity index (χ4v) is 4.29. The summed E-state index contributed by atoms with van der Waals surface area (Å²) in [5, 5.41) is 12.6. The second kappa shape index (κ2) is 5.58. The Hall–Kier alpha value is -1.33. The van der Waals surface area contributed by atoms with Crippen LogP contribution in [0.1, 0.15) is 49.3 Å². The van der Waals surface area contributed by atoms with Crippen LogP contribution in [0.4, 0.5) is 0 Å². The van der Waals surface area contributed by atoms with E-state index in [1.807, 2.05) is 12.1 Å². The molecule has 1 aromatic rings. The van der Waals surface area contributed by atoms with Crippen molar-refractivity contribution in [3.8, 4) is 6.07 Å². The lowest BCUT2D eigenvalue weighted by Crippen LogP contribution is -2.36. The molecule has 0 amide bonds. The van der Waals surface area contributed by atoms with E-state index in [1.165, 1.54) is 36.8 Å². The van der Waals surface area contributed by atoms with Gasteiger partial charge in [-0.2, -0.15) is 5.26 Å². The van der Waals surface area contributed by atoms with Gasteiger partial charge in [-0.1, -0.05) is 12.5 Å². The predicted molar refractivity (Wildman–Crippen MR) is 81.1 cm³/mol. The lowest BCUT2D eigenvalue weighted by atomic mass is 9.84. The van der Waals surface area contributed by atoms with Crippen LogP contribution in [0, 0.1) is 36.0 Å². The third-order valence-corrected chi connectivity index (χ3v) is 5.52. The average molecular weight is 268 g/mol. The van der Waals surface area contributed by atoms with Crippen molar-refractivity contribution in [2.24, 2.45) is 17.8 Å². The molecule has 4 atom stereocenters. The zero-order valence-corrected chi connectivity index (χ0v) is 12.5. The topological polar surface area (TPSA) is 35.8 Å². The number of nitrogens with zero attached hydrogens (tertiary/aromatic N) is 1. The minimum absolute atomic E-state index is 0.611. The number of hydrogen-bond acceptors (Lipinski definition) is 2. The fraction of sp³-hybridized carbons (Fsp3) is 0.611. The Morgan fingerprint density at radius 2 is 2.20 bits per heavy atom. The van der Waals surface area contributed by atoms with Crippen molar-refractivity contribution in [3.63, 3.8) is 0 Å². The Morgan fingerprint density at radius 1 is 1.35 bits per heavy atom. The number of aryl methyl sites for hydroxylation is 1. The summed E-state index contributed by atoms with van der Waals surface area (Å²) < 4.78 is 0. The van der Waals surface area contributed by atoms with Crippen LogP contribution in [0.2, 0.25) is 0 Å². The van der Waals surface area contributed by atoms with Gasteiger partial charge in [0.25, 0.3) is 0 Å². The van der Waals surface area contributed by atoms with E-state index in [0.29, 0.717) is 6.04 Å². The minimum atomic E-state index is 0.611. The summed E-state index contributed by atoms with van der Waals surface area (Å²) in [5.74, 6) is 2.88. The first-order valence-corrected chi connectivity index (χ1v) is 7.90. The van der Waals surface area contributed by atoms with Crippen molar-refractivity contribution >= 4 is 0 Å². The molecule has 0 aromatic heterocycles. The van der Waals surface area contributed by atoms with Crippen molar-refractivity contribution in [1.29, 1.82) is 5.26 Å². The molecule has 0 radical (unpaired) electrons. The molecule has 0 saturated heterocycles. The van der Waals surface area contributed by atoms with Gasteiger partial charge in [0.1, 0.15) is 0 Å². The van der Waals surface area contributed by atoms with Gasteiger partial charge in [0.2, 0.25) is 0 Å². The van der Waals surface area contributed by atoms with E-state index in [4.69, 9.17) is 5.26 Å². The maximum absolute atomic E-state index is 8.91. The van der Waals surface area contributed by atoms with Gasteiger partial charge in [0.15, 0.2) is 0 Å². The van der Waals surface area contributed by atoms with Crippen molar-refractivity contribution in [3.05, 3.63) is 34.9 Å². The maximum atomic E-state index is 8.91. The van der Waals surface area contributed by atoms with Gasteiger partial charge in [0, 0.05) is 12.6 Å². The first-order chi connectivity index (χ1) is 9.67. The summed E-state index contributed by atoms with van der Waals surface area (Å²) in [4.78, 5) is 0. The maximum Gasteiger partial charge on any atom is 0.0991 e. The Labute approximate surface area is 122 Å². The molecule has 2 heteroatoms. The second-order valence-electron chi connectivity index (χ2n) is 6.76. The molecule has 2 aliphatic carbocycles. The first kappa shape index (κ1) is 13.6. The van der Waals surface area contributed by atoms with Gasteiger partial charge in [-0.25, -0.2) is 0 Å². The lowest BCUT2D eigenvalue weighted by Gasteiger charge is -2.29. The fourth-order valence-electron chi connectivity index (χ4n) is 4.29. The van der Waals surface area contributed by atoms with Crippen molar-refractivity contribution in [1.82, 2.24) is 5.32 Å². The molecule has 2 saturated carbocycles. The molecule has 3 rings (SSSR count). The average Bonchev–Trinajstić information content (AvgIpc) is 3.08. The van der Waals surface area contributed by atoms with Gasteiger partial charge in [-0.05, 0) is 74.1 Å². The molecule has 0 heterocycles. The van der Waals surface area contributed by atoms with Gasteiger partial charge < -0.3 is 5.32 Å². The van der Waals surface area contributed by atoms with Crippen LogP contribution in [0.15, 0.2) is 18.2 Å². The van der Waals surface area contributed by atoms with E-state index in [9.17, 15) is 0 Å². The monoisotopic (exact) mass is 268 g/mol. The van der Waals surface area contributed by atoms with Gasteiger partial charge in [-0.15, -0.1) is 0 Å². The predicted octanol–water partition coefficient (Wildman–Crippen LogP) is 3.78. The van der Waals surface area contributed by atoms with E-state index in [-0.39, 0.29) is 0 Å². The van der Waals surface area contributed by atoms with Gasteiger partial charge in [-0.3, -0.25) is 0 Å². The molecule has 1 N–H and O–H groups in total. The largest absolute Gasteiger partial charge is 0.310 e. The molecular weight excluding hydrogens is 244 g/mol. The molecule has 106 valence electrons. The van der Waals surface area contributed by atoms with E-state index in [1.54, 1.807) is 0 Å². The van der Waals surface area contributed by atoms with E-state index in [2.05, 4.69) is 31.3 Å². The van der Waals surface area contributed by atoms with Crippen LogP contribution in [0.3, 0.4) is 0 Å². The van der Waals surface area contributed by atoms with E-state index in [0.717, 1.165) is 29.9 Å². The number of benzene rings is 1. The zero-order chi connectivity index (χ0) is 14.1. The standard InChI is InChI=1S/C18H24N2/c1-12-7-15(10-19)4-6-17(12)11-20-13(2)18-9-14-3-5-16(18)8-14/h4,6-7,13-14,16,18,20H,3,5,8-9,11H2,1-2H3. The molecular formula is C18H24N2. The molecule has 2 bridgehead atoms. The first-order valence-electron chi connectivity index (χ1n) is 7.90. The van der Waals surface area contributed by atoms with Gasteiger partial charge >= 0.3 is 0 Å². The van der Waals surface area contributed by atoms with Crippen LogP contribution in [0.5, 0.6) is 0 Å². The third kappa shape index (κ3) is 2.60. The Balaban J connectivity index is 1.58. The Kier molecular flexibility index (Phi) is 3.81. The van der Waals surface area contributed by atoms with Crippen LogP contribution >= 0.6 is 0 Å². The summed E-state index contributed by atoms with van der Waals surface area (Å²) in [7, 11) is 0. The summed E-state index contributed by atoms with van der Waals surface area (Å²) in [6, 6.07) is 8.81. The molecule has 0 aliphatic heterocycles. The highest BCUT2D eigenvalue weighted by atomic mass is 14.9. The zero-order valence-electron chi connectivity index (χ0n) is 12.5. The van der Waals surface area contributed by atoms with Crippen molar-refractivity contribution < 1.29 is 0 Å². The molecule has 2 nitrogen and oxygen atoms in total. The second-order valence-corrected chi connectivity index (χ2v) is 6.76. The molecule has 2 aliphatic rings. The lowest BCUT2D eigenvalue weighted by molar-refractivity contribution is 0.259. The molecule has 0 spiro atoms. The Morgan fingerprint density at radius 3 is 2.80 bits per heavy atom. The van der Waals surface area contributed by atoms with Gasteiger partial charge in [0.05, 0.1) is 11.6 Å². The number of nitrogens with one attached hydrogen (secondary N) is 1. The SMILES string of the molecule is Cc1cc(C#N)ccc1CNC(C)C1CC2CCC1C2. The quantitative estimate of drug-likeness (QED) is 0.902. The molecule has 20 heavy (non-hydrogen) atoms. The summed E-state index contributed by atoms with van der Waals surface area (Å²) in [6.45, 7) is 5.37. The highest BCUT2D eigenvalue weighted by Gasteiger charge is 2.41. The third-order valence-electron chi connectivity index (χ3n) is 5.52. The van der Waals surface area contributed by atoms with Crippen LogP contribution in [-0.4, -0.2) is 6.04 Å². The minimum Gasteiger partial charge on any atom is -0.310 e.